The molecule has 1 unspecified atom stereocenters. The van der Waals surface area contributed by atoms with Gasteiger partial charge in [0.2, 0.25) is 0 Å². The van der Waals surface area contributed by atoms with Gasteiger partial charge in [-0.1, -0.05) is 0 Å². The van der Waals surface area contributed by atoms with Gasteiger partial charge in [0.25, 0.3) is 5.91 Å². The zero-order valence-electron chi connectivity index (χ0n) is 10.4. The topological polar surface area (TPSA) is 75.6 Å². The summed E-state index contributed by atoms with van der Waals surface area (Å²) in [4.78, 5) is 22.5. The molecule has 1 aliphatic carbocycles. The first-order chi connectivity index (χ1) is 8.97. The highest BCUT2D eigenvalue weighted by Crippen LogP contribution is 2.27. The van der Waals surface area contributed by atoms with Gasteiger partial charge in [-0.25, -0.2) is 4.79 Å². The van der Waals surface area contributed by atoms with Crippen molar-refractivity contribution < 1.29 is 19.4 Å². The minimum Gasteiger partial charge on any atom is -0.480 e. The third kappa shape index (κ3) is 3.70. The minimum absolute atomic E-state index is 0.156. The summed E-state index contributed by atoms with van der Waals surface area (Å²) >= 11 is 3.24. The molecule has 19 heavy (non-hydrogen) atoms. The number of hydrogen-bond donors (Lipinski definition) is 2. The molecule has 102 valence electrons. The van der Waals surface area contributed by atoms with Gasteiger partial charge in [0, 0.05) is 6.04 Å². The Kier molecular flexibility index (Phi) is 4.09. The molecule has 1 aromatic carbocycles. The van der Waals surface area contributed by atoms with Gasteiger partial charge < -0.3 is 15.2 Å². The first kappa shape index (κ1) is 13.9. The average Bonchev–Trinajstić information content (AvgIpc) is 3.15. The van der Waals surface area contributed by atoms with Crippen molar-refractivity contribution in [1.29, 1.82) is 0 Å². The van der Waals surface area contributed by atoms with Crippen LogP contribution in [0.25, 0.3) is 0 Å². The van der Waals surface area contributed by atoms with Crippen LogP contribution < -0.4 is 10.1 Å². The molecule has 0 aliphatic heterocycles. The van der Waals surface area contributed by atoms with Crippen LogP contribution in [0.5, 0.6) is 5.75 Å². The van der Waals surface area contributed by atoms with Gasteiger partial charge in [0.1, 0.15) is 5.75 Å². The zero-order valence-corrected chi connectivity index (χ0v) is 11.9. The van der Waals surface area contributed by atoms with E-state index in [0.717, 1.165) is 12.8 Å². The Hall–Kier alpha value is -1.56. The fourth-order valence-corrected chi connectivity index (χ4v) is 1.99. The predicted octanol–water partition coefficient (Wildman–Crippen LogP) is 2.19. The molecule has 5 nitrogen and oxygen atoms in total. The van der Waals surface area contributed by atoms with Crippen LogP contribution in [-0.2, 0) is 4.79 Å². The lowest BCUT2D eigenvalue weighted by Gasteiger charge is -2.15. The second kappa shape index (κ2) is 5.61. The molecule has 1 saturated carbocycles. The third-order valence-corrected chi connectivity index (χ3v) is 3.40. The van der Waals surface area contributed by atoms with Crippen LogP contribution >= 0.6 is 15.9 Å². The second-order valence-electron chi connectivity index (χ2n) is 4.49. The third-order valence-electron chi connectivity index (χ3n) is 2.78. The van der Waals surface area contributed by atoms with Crippen LogP contribution in [0.2, 0.25) is 0 Å². The van der Waals surface area contributed by atoms with E-state index in [2.05, 4.69) is 21.2 Å². The molecule has 2 N–H and O–H groups in total. The summed E-state index contributed by atoms with van der Waals surface area (Å²) in [6.07, 6.45) is 1.43. The summed E-state index contributed by atoms with van der Waals surface area (Å²) in [6.45, 7) is 1.66. The summed E-state index contributed by atoms with van der Waals surface area (Å²) in [5.41, 5.74) is 0.161. The first-order valence-electron chi connectivity index (χ1n) is 5.97. The van der Waals surface area contributed by atoms with Gasteiger partial charge in [0.05, 0.1) is 10.0 Å². The highest BCUT2D eigenvalue weighted by atomic mass is 79.9. The van der Waals surface area contributed by atoms with Crippen LogP contribution in [0.1, 0.15) is 30.1 Å². The Bertz CT molecular complexity index is 513. The Labute approximate surface area is 119 Å². The molecule has 1 amide bonds. The number of benzene rings is 1. The van der Waals surface area contributed by atoms with E-state index in [4.69, 9.17) is 9.84 Å². The SMILES string of the molecule is CC(Oc1ccc(C(=O)O)cc1Br)C(=O)NC1CC1. The summed E-state index contributed by atoms with van der Waals surface area (Å²) in [5.74, 6) is -0.716. The van der Waals surface area contributed by atoms with Gasteiger partial charge in [-0.2, -0.15) is 0 Å². The quantitative estimate of drug-likeness (QED) is 0.869. The molecule has 2 rings (SSSR count). The van der Waals surface area contributed by atoms with Gasteiger partial charge in [0.15, 0.2) is 6.10 Å². The fourth-order valence-electron chi connectivity index (χ4n) is 1.52. The monoisotopic (exact) mass is 327 g/mol. The van der Waals surface area contributed by atoms with Crippen LogP contribution in [0.3, 0.4) is 0 Å². The summed E-state index contributed by atoms with van der Waals surface area (Å²) in [6, 6.07) is 4.71. The number of halogens is 1. The van der Waals surface area contributed by atoms with Gasteiger partial charge >= 0.3 is 5.97 Å². The maximum Gasteiger partial charge on any atom is 0.335 e. The van der Waals surface area contributed by atoms with Crippen molar-refractivity contribution in [3.05, 3.63) is 28.2 Å². The number of carboxylic acids is 1. The molecule has 0 bridgehead atoms. The lowest BCUT2D eigenvalue weighted by molar-refractivity contribution is -0.127. The number of ether oxygens (including phenoxy) is 1. The Balaban J connectivity index is 2.01. The number of carbonyl (C=O) groups excluding carboxylic acids is 1. The number of carboxylic acid groups (broad SMARTS) is 1. The van der Waals surface area contributed by atoms with Crippen LogP contribution in [0, 0.1) is 0 Å². The Morgan fingerprint density at radius 1 is 1.47 bits per heavy atom. The largest absolute Gasteiger partial charge is 0.480 e. The van der Waals surface area contributed by atoms with Crippen molar-refractivity contribution in [3.63, 3.8) is 0 Å². The number of carbonyl (C=O) groups is 2. The number of nitrogens with one attached hydrogen (secondary N) is 1. The molecule has 1 atom stereocenters. The van der Waals surface area contributed by atoms with Crippen molar-refractivity contribution in [2.45, 2.75) is 31.9 Å². The maximum atomic E-state index is 11.7. The Morgan fingerprint density at radius 3 is 2.68 bits per heavy atom. The normalized spacial score (nSPS) is 15.7. The maximum absolute atomic E-state index is 11.7. The van der Waals surface area contributed by atoms with Gasteiger partial charge in [-0.05, 0) is 53.9 Å². The fraction of sp³-hybridized carbons (Fsp3) is 0.385. The molecule has 6 heteroatoms. The number of hydrogen-bond acceptors (Lipinski definition) is 3. The van der Waals surface area contributed by atoms with E-state index >= 15 is 0 Å². The van der Waals surface area contributed by atoms with Crippen molar-refractivity contribution >= 4 is 27.8 Å². The first-order valence-corrected chi connectivity index (χ1v) is 6.76. The van der Waals surface area contributed by atoms with E-state index in [1.807, 2.05) is 0 Å². The van der Waals surface area contributed by atoms with Crippen molar-refractivity contribution in [3.8, 4) is 5.75 Å². The van der Waals surface area contributed by atoms with Gasteiger partial charge in [-0.15, -0.1) is 0 Å². The van der Waals surface area contributed by atoms with E-state index < -0.39 is 12.1 Å². The second-order valence-corrected chi connectivity index (χ2v) is 5.35. The lowest BCUT2D eigenvalue weighted by Crippen LogP contribution is -2.37. The van der Waals surface area contributed by atoms with Gasteiger partial charge in [-0.3, -0.25) is 4.79 Å². The molecule has 0 spiro atoms. The molecule has 1 aromatic rings. The highest BCUT2D eigenvalue weighted by molar-refractivity contribution is 9.10. The standard InChI is InChI=1S/C13H14BrNO4/c1-7(12(16)15-9-3-4-9)19-11-5-2-8(13(17)18)6-10(11)14/h2,5-7,9H,3-4H2,1H3,(H,15,16)(H,17,18). The van der Waals surface area contributed by atoms with Crippen LogP contribution in [0.15, 0.2) is 22.7 Å². The van der Waals surface area contributed by atoms with Crippen molar-refractivity contribution in [2.24, 2.45) is 0 Å². The van der Waals surface area contributed by atoms with E-state index in [-0.39, 0.29) is 17.5 Å². The number of rotatable bonds is 5. The van der Waals surface area contributed by atoms with E-state index in [0.29, 0.717) is 10.2 Å². The number of aromatic carboxylic acids is 1. The molecule has 0 aromatic heterocycles. The number of amides is 1. The predicted molar refractivity (Wildman–Crippen MR) is 72.4 cm³/mol. The summed E-state index contributed by atoms with van der Waals surface area (Å²) in [7, 11) is 0. The molecule has 0 heterocycles. The van der Waals surface area contributed by atoms with E-state index in [1.165, 1.54) is 18.2 Å². The van der Waals surface area contributed by atoms with E-state index in [9.17, 15) is 9.59 Å². The zero-order chi connectivity index (χ0) is 14.0. The van der Waals surface area contributed by atoms with E-state index in [1.54, 1.807) is 6.92 Å². The molecular weight excluding hydrogens is 314 g/mol. The molecule has 1 aliphatic rings. The Morgan fingerprint density at radius 2 is 2.16 bits per heavy atom. The molecule has 0 saturated heterocycles. The molecule has 1 fully saturated rings. The van der Waals surface area contributed by atoms with Crippen LogP contribution in [0.4, 0.5) is 0 Å². The van der Waals surface area contributed by atoms with Crippen molar-refractivity contribution in [1.82, 2.24) is 5.32 Å². The summed E-state index contributed by atoms with van der Waals surface area (Å²) in [5, 5.41) is 11.7. The highest BCUT2D eigenvalue weighted by Gasteiger charge is 2.26. The minimum atomic E-state index is -1.01. The summed E-state index contributed by atoms with van der Waals surface area (Å²) < 4.78 is 6.03. The lowest BCUT2D eigenvalue weighted by atomic mass is 10.2. The van der Waals surface area contributed by atoms with Crippen LogP contribution in [-0.4, -0.2) is 29.1 Å². The average molecular weight is 328 g/mol. The molecular formula is C13H14BrNO4. The van der Waals surface area contributed by atoms with Crippen molar-refractivity contribution in [2.75, 3.05) is 0 Å². The molecule has 0 radical (unpaired) electrons. The smallest absolute Gasteiger partial charge is 0.335 e.